The van der Waals surface area contributed by atoms with Gasteiger partial charge in [-0.25, -0.2) is 0 Å². The molecule has 3 nitrogen and oxygen atoms in total. The highest BCUT2D eigenvalue weighted by molar-refractivity contribution is 6.35. The summed E-state index contributed by atoms with van der Waals surface area (Å²) in [7, 11) is 0. The zero-order chi connectivity index (χ0) is 10.6. The molecular formula is C9H10Cl2N2O. The van der Waals surface area contributed by atoms with Gasteiger partial charge in [-0.05, 0) is 18.4 Å². The summed E-state index contributed by atoms with van der Waals surface area (Å²) in [5.74, 6) is -0.314. The van der Waals surface area contributed by atoms with Crippen molar-refractivity contribution in [2.24, 2.45) is 5.73 Å². The third-order valence-electron chi connectivity index (χ3n) is 1.80. The first kappa shape index (κ1) is 11.3. The van der Waals surface area contributed by atoms with Gasteiger partial charge in [0.25, 0.3) is 0 Å². The highest BCUT2D eigenvalue weighted by Crippen LogP contribution is 2.24. The van der Waals surface area contributed by atoms with Crippen molar-refractivity contribution in [2.45, 2.75) is 19.3 Å². The molecule has 0 bridgehead atoms. The summed E-state index contributed by atoms with van der Waals surface area (Å²) in [5.41, 5.74) is 5.84. The second kappa shape index (κ2) is 5.17. The number of carbonyl (C=O) groups is 1. The lowest BCUT2D eigenvalue weighted by atomic mass is 10.1. The molecule has 0 fully saturated rings. The number of halogens is 2. The molecule has 14 heavy (non-hydrogen) atoms. The largest absolute Gasteiger partial charge is 0.370 e. The lowest BCUT2D eigenvalue weighted by Gasteiger charge is -2.04. The number of nitrogens with two attached hydrogens (primary N) is 1. The summed E-state index contributed by atoms with van der Waals surface area (Å²) in [5, 5.41) is 1.06. The Kier molecular flexibility index (Phi) is 4.17. The van der Waals surface area contributed by atoms with Crippen molar-refractivity contribution in [2.75, 3.05) is 0 Å². The molecular weight excluding hydrogens is 223 g/mol. The minimum atomic E-state index is -0.314. The van der Waals surface area contributed by atoms with E-state index in [1.807, 2.05) is 0 Å². The third-order valence-corrected chi connectivity index (χ3v) is 2.45. The second-order valence-electron chi connectivity index (χ2n) is 2.90. The van der Waals surface area contributed by atoms with Crippen LogP contribution in [0.1, 0.15) is 18.4 Å². The van der Waals surface area contributed by atoms with E-state index in [1.54, 1.807) is 0 Å². The van der Waals surface area contributed by atoms with Crippen molar-refractivity contribution in [3.63, 3.8) is 0 Å². The first-order valence-electron chi connectivity index (χ1n) is 4.17. The van der Waals surface area contributed by atoms with Gasteiger partial charge in [0, 0.05) is 18.8 Å². The molecule has 0 saturated heterocycles. The van der Waals surface area contributed by atoms with Crippen LogP contribution in [-0.4, -0.2) is 10.9 Å². The summed E-state index contributed by atoms with van der Waals surface area (Å²) in [6.45, 7) is 0. The van der Waals surface area contributed by atoms with Gasteiger partial charge in [0.05, 0.1) is 10.0 Å². The molecule has 0 aliphatic carbocycles. The van der Waals surface area contributed by atoms with Crippen LogP contribution < -0.4 is 5.73 Å². The van der Waals surface area contributed by atoms with Crippen LogP contribution in [0.25, 0.3) is 0 Å². The molecule has 1 aromatic heterocycles. The zero-order valence-electron chi connectivity index (χ0n) is 7.46. The maximum absolute atomic E-state index is 10.5. The van der Waals surface area contributed by atoms with Gasteiger partial charge in [-0.3, -0.25) is 9.78 Å². The normalized spacial score (nSPS) is 10.1. The Balaban J connectivity index is 2.62. The van der Waals surface area contributed by atoms with Gasteiger partial charge in [-0.1, -0.05) is 23.2 Å². The van der Waals surface area contributed by atoms with E-state index in [0.717, 1.165) is 5.56 Å². The van der Waals surface area contributed by atoms with Crippen LogP contribution in [0.5, 0.6) is 0 Å². The summed E-state index contributed by atoms with van der Waals surface area (Å²) in [6.07, 6.45) is 4.71. The van der Waals surface area contributed by atoms with Gasteiger partial charge in [-0.2, -0.15) is 0 Å². The molecule has 0 aliphatic rings. The standard InChI is InChI=1S/C9H10Cl2N2O/c10-7-4-13-5-8(11)6(7)2-1-3-9(12)14/h4-5H,1-3H2,(H2,12,14). The van der Waals surface area contributed by atoms with Gasteiger partial charge < -0.3 is 5.73 Å². The van der Waals surface area contributed by atoms with Crippen molar-refractivity contribution in [3.8, 4) is 0 Å². The molecule has 0 aromatic carbocycles. The molecule has 0 atom stereocenters. The Labute approximate surface area is 92.2 Å². The Hall–Kier alpha value is -0.800. The number of hydrogen-bond donors (Lipinski definition) is 1. The molecule has 0 unspecified atom stereocenters. The molecule has 0 saturated carbocycles. The SMILES string of the molecule is NC(=O)CCCc1c(Cl)cncc1Cl. The fourth-order valence-corrected chi connectivity index (χ4v) is 1.67. The van der Waals surface area contributed by atoms with E-state index in [-0.39, 0.29) is 5.91 Å². The van der Waals surface area contributed by atoms with Crippen LogP contribution in [0.15, 0.2) is 12.4 Å². The topological polar surface area (TPSA) is 56.0 Å². The smallest absolute Gasteiger partial charge is 0.217 e. The zero-order valence-corrected chi connectivity index (χ0v) is 8.98. The van der Waals surface area contributed by atoms with Crippen molar-refractivity contribution >= 4 is 29.1 Å². The first-order chi connectivity index (χ1) is 6.61. The summed E-state index contributed by atoms with van der Waals surface area (Å²) < 4.78 is 0. The van der Waals surface area contributed by atoms with Crippen molar-refractivity contribution in [3.05, 3.63) is 28.0 Å². The average molecular weight is 233 g/mol. The highest BCUT2D eigenvalue weighted by atomic mass is 35.5. The number of rotatable bonds is 4. The van der Waals surface area contributed by atoms with Gasteiger partial charge >= 0.3 is 0 Å². The monoisotopic (exact) mass is 232 g/mol. The molecule has 1 heterocycles. The van der Waals surface area contributed by atoms with Crippen molar-refractivity contribution < 1.29 is 4.79 Å². The van der Waals surface area contributed by atoms with E-state index in [1.165, 1.54) is 12.4 Å². The number of pyridine rings is 1. The summed E-state index contributed by atoms with van der Waals surface area (Å²) in [4.78, 5) is 14.3. The Morgan fingerprint density at radius 3 is 2.43 bits per heavy atom. The number of carbonyl (C=O) groups excluding carboxylic acids is 1. The van der Waals surface area contributed by atoms with E-state index in [9.17, 15) is 4.79 Å². The van der Waals surface area contributed by atoms with E-state index >= 15 is 0 Å². The fraction of sp³-hybridized carbons (Fsp3) is 0.333. The van der Waals surface area contributed by atoms with E-state index in [4.69, 9.17) is 28.9 Å². The third kappa shape index (κ3) is 3.16. The molecule has 1 aromatic rings. The van der Waals surface area contributed by atoms with Gasteiger partial charge in [0.2, 0.25) is 5.91 Å². The lowest BCUT2D eigenvalue weighted by molar-refractivity contribution is -0.118. The molecule has 0 spiro atoms. The summed E-state index contributed by atoms with van der Waals surface area (Å²) in [6, 6.07) is 0. The maximum atomic E-state index is 10.5. The van der Waals surface area contributed by atoms with Crippen LogP contribution in [0.2, 0.25) is 10.0 Å². The molecule has 1 rings (SSSR count). The Morgan fingerprint density at radius 2 is 1.93 bits per heavy atom. The quantitative estimate of drug-likeness (QED) is 0.866. The number of amides is 1. The van der Waals surface area contributed by atoms with Gasteiger partial charge in [-0.15, -0.1) is 0 Å². The number of primary amides is 1. The predicted octanol–water partition coefficient (Wildman–Crippen LogP) is 2.20. The maximum Gasteiger partial charge on any atom is 0.217 e. The molecule has 1 amide bonds. The molecule has 0 aliphatic heterocycles. The first-order valence-corrected chi connectivity index (χ1v) is 4.93. The lowest BCUT2D eigenvalue weighted by Crippen LogP contribution is -2.10. The van der Waals surface area contributed by atoms with E-state index < -0.39 is 0 Å². The molecule has 5 heteroatoms. The van der Waals surface area contributed by atoms with Crippen molar-refractivity contribution in [1.82, 2.24) is 4.98 Å². The minimum absolute atomic E-state index is 0.314. The van der Waals surface area contributed by atoms with Crippen LogP contribution >= 0.6 is 23.2 Å². The van der Waals surface area contributed by atoms with Gasteiger partial charge in [0.15, 0.2) is 0 Å². The fourth-order valence-electron chi connectivity index (χ4n) is 1.12. The number of hydrogen-bond acceptors (Lipinski definition) is 2. The van der Waals surface area contributed by atoms with Crippen LogP contribution in [0, 0.1) is 0 Å². The molecule has 76 valence electrons. The predicted molar refractivity (Wildman–Crippen MR) is 56.4 cm³/mol. The molecule has 0 radical (unpaired) electrons. The second-order valence-corrected chi connectivity index (χ2v) is 3.72. The van der Waals surface area contributed by atoms with Crippen LogP contribution in [-0.2, 0) is 11.2 Å². The number of aromatic nitrogens is 1. The van der Waals surface area contributed by atoms with E-state index in [0.29, 0.717) is 29.3 Å². The summed E-state index contributed by atoms with van der Waals surface area (Å²) >= 11 is 11.8. The minimum Gasteiger partial charge on any atom is -0.370 e. The van der Waals surface area contributed by atoms with Crippen molar-refractivity contribution in [1.29, 1.82) is 0 Å². The van der Waals surface area contributed by atoms with Crippen LogP contribution in [0.3, 0.4) is 0 Å². The van der Waals surface area contributed by atoms with E-state index in [2.05, 4.69) is 4.98 Å². The average Bonchev–Trinajstić information content (AvgIpc) is 2.09. The number of nitrogens with zero attached hydrogens (tertiary/aromatic N) is 1. The van der Waals surface area contributed by atoms with Crippen LogP contribution in [0.4, 0.5) is 0 Å². The highest BCUT2D eigenvalue weighted by Gasteiger charge is 2.06. The van der Waals surface area contributed by atoms with Gasteiger partial charge in [0.1, 0.15) is 0 Å². The Bertz CT molecular complexity index is 321. The molecule has 2 N–H and O–H groups in total. The Morgan fingerprint density at radius 1 is 1.36 bits per heavy atom.